The molecule has 0 saturated carbocycles. The van der Waals surface area contributed by atoms with Gasteiger partial charge in [0.05, 0.1) is 28.9 Å². The number of carboxylic acids is 1. The molecule has 1 aromatic carbocycles. The fourth-order valence-corrected chi connectivity index (χ4v) is 3.38. The van der Waals surface area contributed by atoms with Crippen LogP contribution in [0.5, 0.6) is 0 Å². The fraction of sp³-hybridized carbons (Fsp3) is 0.389. The molecule has 0 spiro atoms. The summed E-state index contributed by atoms with van der Waals surface area (Å²) in [6.45, 7) is 2.45. The van der Waals surface area contributed by atoms with E-state index in [0.29, 0.717) is 11.4 Å². The molecule has 0 bridgehead atoms. The lowest BCUT2D eigenvalue weighted by atomic mass is 9.96. The zero-order valence-corrected chi connectivity index (χ0v) is 15.2. The number of alkyl halides is 3. The van der Waals surface area contributed by atoms with Crippen molar-refractivity contribution < 1.29 is 27.9 Å². The highest BCUT2D eigenvalue weighted by Gasteiger charge is 2.53. The Morgan fingerprint density at radius 3 is 2.43 bits per heavy atom. The van der Waals surface area contributed by atoms with Crippen molar-refractivity contribution in [2.75, 3.05) is 18.4 Å². The van der Waals surface area contributed by atoms with Gasteiger partial charge < -0.3 is 15.3 Å². The van der Waals surface area contributed by atoms with Crippen LogP contribution in [-0.2, 0) is 4.79 Å². The van der Waals surface area contributed by atoms with Gasteiger partial charge in [0.25, 0.3) is 0 Å². The highest BCUT2D eigenvalue weighted by Crippen LogP contribution is 2.38. The molecule has 2 amide bonds. The minimum Gasteiger partial charge on any atom is -0.481 e. The third kappa shape index (κ3) is 3.80. The number of amides is 2. The average Bonchev–Trinajstić information content (AvgIpc) is 3.19. The number of hydrogen-bond acceptors (Lipinski definition) is 3. The van der Waals surface area contributed by atoms with Gasteiger partial charge in [0, 0.05) is 18.8 Å². The molecule has 10 heteroatoms. The molecule has 28 heavy (non-hydrogen) atoms. The molecule has 1 fully saturated rings. The fourth-order valence-electron chi connectivity index (χ4n) is 3.38. The standard InChI is InChI=1S/C18H19F3N4O3/c1-10-7-11(2)25(23-10)15-6-4-3-5-14(15)22-17(28)24-8-12(16(26)27)13(9-24)18(19,20)21/h3-7,12-13H,8-9H2,1-2H3,(H,22,28)(H,26,27)/t12-,13-/m1/s1. The van der Waals surface area contributed by atoms with Crippen molar-refractivity contribution >= 4 is 17.7 Å². The number of nitrogens with one attached hydrogen (secondary N) is 1. The molecule has 2 heterocycles. The number of para-hydroxylation sites is 2. The highest BCUT2D eigenvalue weighted by molar-refractivity contribution is 5.92. The predicted octanol–water partition coefficient (Wildman–Crippen LogP) is 3.22. The van der Waals surface area contributed by atoms with Crippen molar-refractivity contribution in [3.05, 3.63) is 41.7 Å². The quantitative estimate of drug-likeness (QED) is 0.834. The van der Waals surface area contributed by atoms with E-state index in [-0.39, 0.29) is 0 Å². The minimum atomic E-state index is -4.69. The molecule has 2 N–H and O–H groups in total. The number of carboxylic acid groups (broad SMARTS) is 1. The van der Waals surface area contributed by atoms with E-state index in [2.05, 4.69) is 10.4 Å². The van der Waals surface area contributed by atoms with E-state index in [0.717, 1.165) is 16.3 Å². The third-order valence-corrected chi connectivity index (χ3v) is 4.73. The summed E-state index contributed by atoms with van der Waals surface area (Å²) in [4.78, 5) is 24.6. The molecule has 150 valence electrons. The predicted molar refractivity (Wildman–Crippen MR) is 94.3 cm³/mol. The minimum absolute atomic E-state index is 0.362. The number of rotatable bonds is 3. The first-order chi connectivity index (χ1) is 13.1. The highest BCUT2D eigenvalue weighted by atomic mass is 19.4. The summed E-state index contributed by atoms with van der Waals surface area (Å²) in [6.07, 6.45) is -4.69. The summed E-state index contributed by atoms with van der Waals surface area (Å²) in [5, 5.41) is 16.0. The molecule has 7 nitrogen and oxygen atoms in total. The van der Waals surface area contributed by atoms with Gasteiger partial charge in [-0.3, -0.25) is 4.79 Å². The van der Waals surface area contributed by atoms with E-state index in [9.17, 15) is 22.8 Å². The molecule has 1 saturated heterocycles. The number of hydrogen-bond donors (Lipinski definition) is 2. The molecular weight excluding hydrogens is 377 g/mol. The van der Waals surface area contributed by atoms with Crippen LogP contribution in [0.3, 0.4) is 0 Å². The first-order valence-electron chi connectivity index (χ1n) is 8.56. The van der Waals surface area contributed by atoms with E-state index < -0.39 is 43.1 Å². The van der Waals surface area contributed by atoms with Crippen LogP contribution in [0.15, 0.2) is 30.3 Å². The Hall–Kier alpha value is -3.04. The van der Waals surface area contributed by atoms with E-state index in [1.807, 2.05) is 19.9 Å². The van der Waals surface area contributed by atoms with E-state index in [1.54, 1.807) is 28.9 Å². The lowest BCUT2D eigenvalue weighted by Crippen LogP contribution is -2.35. The molecule has 0 radical (unpaired) electrons. The molecule has 1 aliphatic rings. The van der Waals surface area contributed by atoms with Crippen LogP contribution >= 0.6 is 0 Å². The number of aliphatic carboxylic acids is 1. The Kier molecular flexibility index (Phi) is 5.05. The molecule has 2 aromatic rings. The smallest absolute Gasteiger partial charge is 0.394 e. The second-order valence-electron chi connectivity index (χ2n) is 6.78. The molecule has 2 atom stereocenters. The number of carbonyl (C=O) groups is 2. The zero-order chi connectivity index (χ0) is 20.6. The van der Waals surface area contributed by atoms with Gasteiger partial charge in [-0.25, -0.2) is 9.48 Å². The summed E-state index contributed by atoms with van der Waals surface area (Å²) in [7, 11) is 0. The number of anilines is 1. The van der Waals surface area contributed by atoms with Crippen molar-refractivity contribution in [2.24, 2.45) is 11.8 Å². The molecule has 0 unspecified atom stereocenters. The first-order valence-corrected chi connectivity index (χ1v) is 8.56. The van der Waals surface area contributed by atoms with Gasteiger partial charge >= 0.3 is 18.2 Å². The summed E-state index contributed by atoms with van der Waals surface area (Å²) in [6, 6.07) is 7.81. The second-order valence-corrected chi connectivity index (χ2v) is 6.78. The number of aryl methyl sites for hydroxylation is 2. The Bertz CT molecular complexity index is 910. The Labute approximate surface area is 158 Å². The Balaban J connectivity index is 1.83. The number of carbonyl (C=O) groups excluding carboxylic acids is 1. The maximum atomic E-state index is 13.1. The average molecular weight is 396 g/mol. The van der Waals surface area contributed by atoms with Crippen molar-refractivity contribution in [3.8, 4) is 5.69 Å². The van der Waals surface area contributed by atoms with Gasteiger partial charge in [0.2, 0.25) is 0 Å². The van der Waals surface area contributed by atoms with Gasteiger partial charge in [-0.1, -0.05) is 12.1 Å². The molecule has 1 aliphatic heterocycles. The van der Waals surface area contributed by atoms with Crippen LogP contribution in [0.4, 0.5) is 23.7 Å². The molecule has 1 aromatic heterocycles. The number of halogens is 3. The van der Waals surface area contributed by atoms with Gasteiger partial charge in [0.1, 0.15) is 0 Å². The van der Waals surface area contributed by atoms with Crippen LogP contribution in [0.1, 0.15) is 11.4 Å². The number of urea groups is 1. The van der Waals surface area contributed by atoms with E-state index in [4.69, 9.17) is 5.11 Å². The SMILES string of the molecule is Cc1cc(C)n(-c2ccccc2NC(=O)N2C[C@@H](C(F)(F)F)[C@H](C(=O)O)C2)n1. The normalized spacial score (nSPS) is 19.7. The second kappa shape index (κ2) is 7.17. The summed E-state index contributed by atoms with van der Waals surface area (Å²) in [5.74, 6) is -5.35. The van der Waals surface area contributed by atoms with Gasteiger partial charge in [0.15, 0.2) is 0 Å². The Morgan fingerprint density at radius 1 is 1.21 bits per heavy atom. The number of aromatic nitrogens is 2. The topological polar surface area (TPSA) is 87.5 Å². The molecule has 3 rings (SSSR count). The van der Waals surface area contributed by atoms with Crippen molar-refractivity contribution in [1.82, 2.24) is 14.7 Å². The van der Waals surface area contributed by atoms with Crippen LogP contribution in [0, 0.1) is 25.7 Å². The maximum absolute atomic E-state index is 13.1. The van der Waals surface area contributed by atoms with Crippen molar-refractivity contribution in [1.29, 1.82) is 0 Å². The van der Waals surface area contributed by atoms with Crippen molar-refractivity contribution in [2.45, 2.75) is 20.0 Å². The van der Waals surface area contributed by atoms with Crippen LogP contribution < -0.4 is 5.32 Å². The lowest BCUT2D eigenvalue weighted by Gasteiger charge is -2.20. The lowest BCUT2D eigenvalue weighted by molar-refractivity contribution is -0.187. The third-order valence-electron chi connectivity index (χ3n) is 4.73. The van der Waals surface area contributed by atoms with Crippen LogP contribution in [0.25, 0.3) is 5.69 Å². The van der Waals surface area contributed by atoms with E-state index in [1.165, 1.54) is 0 Å². The molecule has 0 aliphatic carbocycles. The van der Waals surface area contributed by atoms with E-state index >= 15 is 0 Å². The monoisotopic (exact) mass is 396 g/mol. The zero-order valence-electron chi connectivity index (χ0n) is 15.2. The largest absolute Gasteiger partial charge is 0.481 e. The first kappa shape index (κ1) is 19.7. The van der Waals surface area contributed by atoms with Crippen molar-refractivity contribution in [3.63, 3.8) is 0 Å². The summed E-state index contributed by atoms with van der Waals surface area (Å²) < 4.78 is 41.0. The number of likely N-dealkylation sites (tertiary alicyclic amines) is 1. The van der Waals surface area contributed by atoms with Gasteiger partial charge in [-0.15, -0.1) is 0 Å². The maximum Gasteiger partial charge on any atom is 0.394 e. The van der Waals surface area contributed by atoms with Crippen LogP contribution in [0.2, 0.25) is 0 Å². The molecular formula is C18H19F3N4O3. The number of nitrogens with zero attached hydrogens (tertiary/aromatic N) is 3. The van der Waals surface area contributed by atoms with Gasteiger partial charge in [-0.05, 0) is 32.0 Å². The van der Waals surface area contributed by atoms with Crippen LogP contribution in [-0.4, -0.2) is 51.1 Å². The van der Waals surface area contributed by atoms with Gasteiger partial charge in [-0.2, -0.15) is 18.3 Å². The summed E-state index contributed by atoms with van der Waals surface area (Å²) >= 11 is 0. The Morgan fingerprint density at radius 2 is 1.89 bits per heavy atom. The summed E-state index contributed by atoms with van der Waals surface area (Å²) in [5.41, 5.74) is 2.52. The number of benzene rings is 1.